The van der Waals surface area contributed by atoms with E-state index in [1.807, 2.05) is 50.2 Å². The van der Waals surface area contributed by atoms with Gasteiger partial charge in [-0.05, 0) is 67.4 Å². The first-order chi connectivity index (χ1) is 21.5. The molecular formula is C34H35Cl2N3O5S. The highest BCUT2D eigenvalue weighted by Gasteiger charge is 2.35. The van der Waals surface area contributed by atoms with E-state index in [0.29, 0.717) is 16.3 Å². The van der Waals surface area contributed by atoms with Crippen LogP contribution in [0.1, 0.15) is 25.0 Å². The molecule has 0 aliphatic carbocycles. The molecule has 0 radical (unpaired) electrons. The number of carbonyl (C=O) groups is 2. The Bertz CT molecular complexity index is 1720. The zero-order valence-electron chi connectivity index (χ0n) is 25.2. The lowest BCUT2D eigenvalue weighted by Crippen LogP contribution is -2.54. The molecule has 0 aromatic heterocycles. The molecule has 0 aliphatic heterocycles. The molecule has 45 heavy (non-hydrogen) atoms. The smallest absolute Gasteiger partial charge is 0.264 e. The average molecular weight is 669 g/mol. The summed E-state index contributed by atoms with van der Waals surface area (Å²) in [5.74, 6) is -0.400. The zero-order valence-corrected chi connectivity index (χ0v) is 27.5. The van der Waals surface area contributed by atoms with Crippen molar-refractivity contribution in [2.45, 2.75) is 43.8 Å². The first-order valence-electron chi connectivity index (χ1n) is 14.3. The summed E-state index contributed by atoms with van der Waals surface area (Å²) in [7, 11) is -2.75. The lowest BCUT2D eigenvalue weighted by molar-refractivity contribution is -0.140. The molecule has 4 rings (SSSR count). The van der Waals surface area contributed by atoms with Crippen LogP contribution in [0.4, 0.5) is 5.69 Å². The number of hydrogen-bond donors (Lipinski definition) is 1. The number of ether oxygens (including phenoxy) is 1. The molecule has 1 unspecified atom stereocenters. The second kappa shape index (κ2) is 15.3. The maximum absolute atomic E-state index is 14.5. The van der Waals surface area contributed by atoms with Gasteiger partial charge in [0.05, 0.1) is 22.7 Å². The lowest BCUT2D eigenvalue weighted by atomic mass is 10.0. The minimum absolute atomic E-state index is 0.00657. The SMILES string of the molecule is COc1cccc(CN(C(=O)CN(c2ccc(Cl)cc2Cl)S(=O)(=O)c2ccccc2)C(Cc2ccccc2)C(=O)NC(C)C)c1. The Kier molecular flexibility index (Phi) is 11.5. The molecule has 4 aromatic rings. The quantitative estimate of drug-likeness (QED) is 0.179. The van der Waals surface area contributed by atoms with Crippen LogP contribution in [0.3, 0.4) is 0 Å². The van der Waals surface area contributed by atoms with Gasteiger partial charge < -0.3 is 15.0 Å². The molecule has 0 spiro atoms. The third-order valence-corrected chi connectivity index (χ3v) is 9.29. The molecule has 8 nitrogen and oxygen atoms in total. The van der Waals surface area contributed by atoms with Crippen molar-refractivity contribution in [1.82, 2.24) is 10.2 Å². The third kappa shape index (κ3) is 8.78. The fourth-order valence-corrected chi connectivity index (χ4v) is 6.83. The zero-order chi connectivity index (χ0) is 32.6. The maximum Gasteiger partial charge on any atom is 0.264 e. The summed E-state index contributed by atoms with van der Waals surface area (Å²) in [4.78, 5) is 29.7. The molecule has 0 bridgehead atoms. The Morgan fingerprint density at radius 2 is 1.49 bits per heavy atom. The highest BCUT2D eigenvalue weighted by molar-refractivity contribution is 7.92. The molecule has 0 saturated carbocycles. The van der Waals surface area contributed by atoms with Crippen LogP contribution in [0, 0.1) is 0 Å². The third-order valence-electron chi connectivity index (χ3n) is 6.98. The number of amides is 2. The van der Waals surface area contributed by atoms with Gasteiger partial charge in [0.1, 0.15) is 18.3 Å². The molecule has 2 amide bonds. The second-order valence-corrected chi connectivity index (χ2v) is 13.4. The van der Waals surface area contributed by atoms with Gasteiger partial charge in [-0.15, -0.1) is 0 Å². The normalized spacial score (nSPS) is 12.0. The molecule has 0 saturated heterocycles. The first-order valence-corrected chi connectivity index (χ1v) is 16.5. The molecule has 0 fully saturated rings. The number of carbonyl (C=O) groups excluding carboxylic acids is 2. The Hall–Kier alpha value is -4.05. The van der Waals surface area contributed by atoms with Crippen LogP contribution in [0.15, 0.2) is 108 Å². The standard InChI is InChI=1S/C34H35Cl2N3O5S/c1-24(2)37-34(41)32(20-25-11-6-4-7-12-25)38(22-26-13-10-14-28(19-26)44-3)33(40)23-39(31-18-17-27(35)21-30(31)36)45(42,43)29-15-8-5-9-16-29/h4-19,21,24,32H,20,22-23H2,1-3H3,(H,37,41). The van der Waals surface area contributed by atoms with Crippen LogP contribution in [-0.2, 0) is 32.6 Å². The number of nitrogens with zero attached hydrogens (tertiary/aromatic N) is 2. The maximum atomic E-state index is 14.5. The summed E-state index contributed by atoms with van der Waals surface area (Å²) in [5.41, 5.74) is 1.60. The predicted octanol–water partition coefficient (Wildman–Crippen LogP) is 6.36. The summed E-state index contributed by atoms with van der Waals surface area (Å²) in [6, 6.07) is 27.5. The van der Waals surface area contributed by atoms with Crippen molar-refractivity contribution in [3.8, 4) is 5.75 Å². The van der Waals surface area contributed by atoms with Crippen molar-refractivity contribution in [1.29, 1.82) is 0 Å². The number of rotatable bonds is 13. The van der Waals surface area contributed by atoms with Crippen molar-refractivity contribution in [3.05, 3.63) is 124 Å². The van der Waals surface area contributed by atoms with Crippen LogP contribution in [0.2, 0.25) is 10.0 Å². The minimum atomic E-state index is -4.29. The van der Waals surface area contributed by atoms with Gasteiger partial charge in [-0.1, -0.05) is 83.9 Å². The van der Waals surface area contributed by atoms with E-state index in [1.54, 1.807) is 43.5 Å². The van der Waals surface area contributed by atoms with E-state index < -0.39 is 28.5 Å². The number of benzene rings is 4. The van der Waals surface area contributed by atoms with Gasteiger partial charge in [-0.25, -0.2) is 8.42 Å². The second-order valence-electron chi connectivity index (χ2n) is 10.7. The van der Waals surface area contributed by atoms with Crippen LogP contribution < -0.4 is 14.4 Å². The van der Waals surface area contributed by atoms with Crippen molar-refractivity contribution in [2.24, 2.45) is 0 Å². The average Bonchev–Trinajstić information content (AvgIpc) is 3.02. The van der Waals surface area contributed by atoms with E-state index >= 15 is 0 Å². The summed E-state index contributed by atoms with van der Waals surface area (Å²) in [6.45, 7) is 3.04. The largest absolute Gasteiger partial charge is 0.497 e. The van der Waals surface area contributed by atoms with E-state index in [9.17, 15) is 18.0 Å². The number of nitrogens with one attached hydrogen (secondary N) is 1. The first kappa shape index (κ1) is 33.8. The topological polar surface area (TPSA) is 96.0 Å². The van der Waals surface area contributed by atoms with Gasteiger partial charge in [0.2, 0.25) is 11.8 Å². The van der Waals surface area contributed by atoms with Gasteiger partial charge in [-0.2, -0.15) is 0 Å². The van der Waals surface area contributed by atoms with Crippen molar-refractivity contribution >= 4 is 50.7 Å². The molecule has 236 valence electrons. The van der Waals surface area contributed by atoms with Crippen LogP contribution in [0.25, 0.3) is 0 Å². The molecule has 0 aliphatic rings. The number of anilines is 1. The minimum Gasteiger partial charge on any atom is -0.497 e. The van der Waals surface area contributed by atoms with Crippen LogP contribution in [0.5, 0.6) is 5.75 Å². The molecular weight excluding hydrogens is 633 g/mol. The van der Waals surface area contributed by atoms with Crippen molar-refractivity contribution < 1.29 is 22.7 Å². The Morgan fingerprint density at radius 3 is 2.11 bits per heavy atom. The van der Waals surface area contributed by atoms with E-state index in [-0.39, 0.29) is 40.5 Å². The molecule has 11 heteroatoms. The predicted molar refractivity (Wildman–Crippen MR) is 178 cm³/mol. The van der Waals surface area contributed by atoms with Gasteiger partial charge in [-0.3, -0.25) is 13.9 Å². The monoisotopic (exact) mass is 667 g/mol. The van der Waals surface area contributed by atoms with Crippen LogP contribution >= 0.6 is 23.2 Å². The van der Waals surface area contributed by atoms with Gasteiger partial charge in [0.15, 0.2) is 0 Å². The Balaban J connectivity index is 1.83. The fourth-order valence-electron chi connectivity index (χ4n) is 4.82. The molecule has 4 aromatic carbocycles. The van der Waals surface area contributed by atoms with Crippen molar-refractivity contribution in [2.75, 3.05) is 18.0 Å². The Morgan fingerprint density at radius 1 is 0.844 bits per heavy atom. The summed E-state index contributed by atoms with van der Waals surface area (Å²) < 4.78 is 34.5. The van der Waals surface area contributed by atoms with E-state index in [0.717, 1.165) is 9.87 Å². The molecule has 0 heterocycles. The number of methoxy groups -OCH3 is 1. The molecule has 1 N–H and O–H groups in total. The number of sulfonamides is 1. The van der Waals surface area contributed by atoms with Crippen molar-refractivity contribution in [3.63, 3.8) is 0 Å². The van der Waals surface area contributed by atoms with Gasteiger partial charge in [0, 0.05) is 24.0 Å². The highest BCUT2D eigenvalue weighted by Crippen LogP contribution is 2.33. The van der Waals surface area contributed by atoms with E-state index in [1.165, 1.54) is 35.2 Å². The highest BCUT2D eigenvalue weighted by atomic mass is 35.5. The summed E-state index contributed by atoms with van der Waals surface area (Å²) in [5, 5.41) is 3.29. The van der Waals surface area contributed by atoms with E-state index in [4.69, 9.17) is 27.9 Å². The molecule has 1 atom stereocenters. The number of hydrogen-bond acceptors (Lipinski definition) is 5. The summed E-state index contributed by atoms with van der Waals surface area (Å²) >= 11 is 12.7. The fraction of sp³-hybridized carbons (Fsp3) is 0.235. The Labute approximate surface area is 274 Å². The van der Waals surface area contributed by atoms with Gasteiger partial charge in [0.25, 0.3) is 10.0 Å². The van der Waals surface area contributed by atoms with Gasteiger partial charge >= 0.3 is 0 Å². The van der Waals surface area contributed by atoms with E-state index in [2.05, 4.69) is 5.32 Å². The lowest BCUT2D eigenvalue weighted by Gasteiger charge is -2.34. The number of halogens is 2. The summed E-state index contributed by atoms with van der Waals surface area (Å²) in [6.07, 6.45) is 0.197. The van der Waals surface area contributed by atoms with Crippen LogP contribution in [-0.4, -0.2) is 50.9 Å².